The summed E-state index contributed by atoms with van der Waals surface area (Å²) >= 11 is 0. The van der Waals surface area contributed by atoms with Crippen LogP contribution in [0.4, 0.5) is 0 Å². The van der Waals surface area contributed by atoms with Crippen molar-refractivity contribution < 1.29 is 14.3 Å². The molecule has 3 aromatic rings. The van der Waals surface area contributed by atoms with E-state index in [2.05, 4.69) is 29.1 Å². The van der Waals surface area contributed by atoms with Crippen LogP contribution >= 0.6 is 0 Å². The molecule has 6 heteroatoms. The zero-order valence-corrected chi connectivity index (χ0v) is 16.0. The van der Waals surface area contributed by atoms with E-state index in [4.69, 9.17) is 4.74 Å². The Morgan fingerprint density at radius 3 is 2.43 bits per heavy atom. The summed E-state index contributed by atoms with van der Waals surface area (Å²) in [5, 5.41) is 2.96. The molecule has 0 aliphatic rings. The third-order valence-electron chi connectivity index (χ3n) is 4.28. The summed E-state index contributed by atoms with van der Waals surface area (Å²) in [6.07, 6.45) is 3.95. The van der Waals surface area contributed by atoms with Gasteiger partial charge in [0.15, 0.2) is 6.61 Å². The molecule has 144 valence electrons. The molecule has 0 spiro atoms. The minimum Gasteiger partial charge on any atom is -0.452 e. The van der Waals surface area contributed by atoms with Crippen LogP contribution in [-0.4, -0.2) is 28.5 Å². The highest BCUT2D eigenvalue weighted by Crippen LogP contribution is 2.21. The quantitative estimate of drug-likeness (QED) is 0.635. The number of amides is 1. The van der Waals surface area contributed by atoms with Gasteiger partial charge in [-0.05, 0) is 36.1 Å². The summed E-state index contributed by atoms with van der Waals surface area (Å²) in [5.41, 5.74) is 2.66. The van der Waals surface area contributed by atoms with Crippen molar-refractivity contribution in [1.29, 1.82) is 0 Å². The number of benzene rings is 2. The molecule has 0 aliphatic carbocycles. The van der Waals surface area contributed by atoms with Gasteiger partial charge in [-0.25, -0.2) is 4.79 Å². The van der Waals surface area contributed by atoms with Crippen molar-refractivity contribution in [3.8, 4) is 0 Å². The maximum Gasteiger partial charge on any atom is 0.338 e. The highest BCUT2D eigenvalue weighted by Gasteiger charge is 2.17. The van der Waals surface area contributed by atoms with E-state index in [0.29, 0.717) is 22.5 Å². The number of ether oxygens (including phenoxy) is 1. The number of fused-ring (bicyclic) bond motifs is 1. The standard InChI is InChI=1S/C22H23N3O3/c1-15(2)12-19(16-6-4-3-5-7-16)25-21(26)14-28-22(27)17-8-9-18-20(13-17)24-11-10-23-18/h3-11,13,15,19H,12,14H2,1-2H3,(H,25,26)/t19-/m1/s1. The number of nitrogens with zero attached hydrogens (tertiary/aromatic N) is 2. The van der Waals surface area contributed by atoms with Crippen LogP contribution in [0.25, 0.3) is 11.0 Å². The number of carbonyl (C=O) groups is 2. The van der Waals surface area contributed by atoms with Crippen LogP contribution in [0.2, 0.25) is 0 Å². The highest BCUT2D eigenvalue weighted by atomic mass is 16.5. The molecule has 0 fully saturated rings. The first-order valence-electron chi connectivity index (χ1n) is 9.25. The second kappa shape index (κ2) is 9.08. The van der Waals surface area contributed by atoms with Gasteiger partial charge in [0.2, 0.25) is 0 Å². The second-order valence-electron chi connectivity index (χ2n) is 7.00. The summed E-state index contributed by atoms with van der Waals surface area (Å²) in [6.45, 7) is 3.87. The van der Waals surface area contributed by atoms with Gasteiger partial charge in [-0.15, -0.1) is 0 Å². The van der Waals surface area contributed by atoms with Gasteiger partial charge in [-0.3, -0.25) is 14.8 Å². The van der Waals surface area contributed by atoms with E-state index in [-0.39, 0.29) is 18.6 Å². The van der Waals surface area contributed by atoms with Crippen molar-refractivity contribution in [2.24, 2.45) is 5.92 Å². The third kappa shape index (κ3) is 5.13. The number of hydrogen-bond donors (Lipinski definition) is 1. The molecular formula is C22H23N3O3. The fraction of sp³-hybridized carbons (Fsp3) is 0.273. The van der Waals surface area contributed by atoms with Crippen molar-refractivity contribution in [1.82, 2.24) is 15.3 Å². The molecule has 1 heterocycles. The predicted octanol–water partition coefficient (Wildman–Crippen LogP) is 3.69. The van der Waals surface area contributed by atoms with E-state index in [0.717, 1.165) is 12.0 Å². The Morgan fingerprint density at radius 1 is 1.00 bits per heavy atom. The summed E-state index contributed by atoms with van der Waals surface area (Å²) in [6, 6.07) is 14.6. The Hall–Kier alpha value is -3.28. The smallest absolute Gasteiger partial charge is 0.338 e. The number of nitrogens with one attached hydrogen (secondary N) is 1. The van der Waals surface area contributed by atoms with Gasteiger partial charge in [0, 0.05) is 12.4 Å². The van der Waals surface area contributed by atoms with Gasteiger partial charge in [0.25, 0.3) is 5.91 Å². The van der Waals surface area contributed by atoms with Crippen molar-refractivity contribution >= 4 is 22.9 Å². The number of hydrogen-bond acceptors (Lipinski definition) is 5. The highest BCUT2D eigenvalue weighted by molar-refractivity contribution is 5.94. The number of carbonyl (C=O) groups excluding carboxylic acids is 2. The average Bonchev–Trinajstić information content (AvgIpc) is 2.71. The molecule has 0 unspecified atom stereocenters. The van der Waals surface area contributed by atoms with Crippen LogP contribution in [-0.2, 0) is 9.53 Å². The molecule has 1 amide bonds. The lowest BCUT2D eigenvalue weighted by Crippen LogP contribution is -2.33. The SMILES string of the molecule is CC(C)C[C@@H](NC(=O)COC(=O)c1ccc2nccnc2c1)c1ccccc1. The Balaban J connectivity index is 1.60. The van der Waals surface area contributed by atoms with E-state index in [1.807, 2.05) is 30.3 Å². The Kier molecular flexibility index (Phi) is 6.32. The minimum atomic E-state index is -0.567. The first kappa shape index (κ1) is 19.5. The van der Waals surface area contributed by atoms with E-state index in [1.54, 1.807) is 30.6 Å². The van der Waals surface area contributed by atoms with Gasteiger partial charge in [-0.1, -0.05) is 44.2 Å². The normalized spacial score (nSPS) is 12.0. The van der Waals surface area contributed by atoms with Gasteiger partial charge < -0.3 is 10.1 Å². The van der Waals surface area contributed by atoms with Crippen molar-refractivity contribution in [2.75, 3.05) is 6.61 Å². The monoisotopic (exact) mass is 377 g/mol. The third-order valence-corrected chi connectivity index (χ3v) is 4.28. The molecule has 6 nitrogen and oxygen atoms in total. The zero-order chi connectivity index (χ0) is 19.9. The van der Waals surface area contributed by atoms with Crippen molar-refractivity contribution in [3.05, 3.63) is 72.1 Å². The van der Waals surface area contributed by atoms with Gasteiger partial charge in [0.05, 0.1) is 22.6 Å². The van der Waals surface area contributed by atoms with Crippen LogP contribution in [0.3, 0.4) is 0 Å². The number of esters is 1. The summed E-state index contributed by atoms with van der Waals surface area (Å²) in [5.74, 6) is -0.488. The van der Waals surface area contributed by atoms with E-state index < -0.39 is 5.97 Å². The van der Waals surface area contributed by atoms with Crippen LogP contribution in [0.15, 0.2) is 60.9 Å². The summed E-state index contributed by atoms with van der Waals surface area (Å²) in [4.78, 5) is 33.0. The molecule has 0 saturated carbocycles. The van der Waals surface area contributed by atoms with Crippen molar-refractivity contribution in [2.45, 2.75) is 26.3 Å². The van der Waals surface area contributed by atoms with E-state index in [1.165, 1.54) is 0 Å². The Bertz CT molecular complexity index is 957. The predicted molar refractivity (Wildman–Crippen MR) is 107 cm³/mol. The lowest BCUT2D eigenvalue weighted by Gasteiger charge is -2.21. The molecule has 3 rings (SSSR count). The van der Waals surface area contributed by atoms with Gasteiger partial charge in [-0.2, -0.15) is 0 Å². The lowest BCUT2D eigenvalue weighted by atomic mass is 9.97. The fourth-order valence-corrected chi connectivity index (χ4v) is 2.98. The molecular weight excluding hydrogens is 354 g/mol. The van der Waals surface area contributed by atoms with Gasteiger partial charge >= 0.3 is 5.97 Å². The fourth-order valence-electron chi connectivity index (χ4n) is 2.98. The minimum absolute atomic E-state index is 0.122. The number of aromatic nitrogens is 2. The van der Waals surface area contributed by atoms with Gasteiger partial charge in [0.1, 0.15) is 0 Å². The molecule has 1 N–H and O–H groups in total. The largest absolute Gasteiger partial charge is 0.452 e. The van der Waals surface area contributed by atoms with Crippen LogP contribution in [0, 0.1) is 5.92 Å². The maximum atomic E-state index is 12.3. The summed E-state index contributed by atoms with van der Waals surface area (Å²) < 4.78 is 5.18. The molecule has 0 bridgehead atoms. The topological polar surface area (TPSA) is 81.2 Å². The first-order valence-corrected chi connectivity index (χ1v) is 9.25. The Labute approximate surface area is 164 Å². The second-order valence-corrected chi connectivity index (χ2v) is 7.00. The van der Waals surface area contributed by atoms with Crippen LogP contribution < -0.4 is 5.32 Å². The van der Waals surface area contributed by atoms with E-state index in [9.17, 15) is 9.59 Å². The first-order chi connectivity index (χ1) is 13.5. The zero-order valence-electron chi connectivity index (χ0n) is 16.0. The molecule has 0 radical (unpaired) electrons. The van der Waals surface area contributed by atoms with E-state index >= 15 is 0 Å². The average molecular weight is 377 g/mol. The molecule has 1 atom stereocenters. The van der Waals surface area contributed by atoms with Crippen molar-refractivity contribution in [3.63, 3.8) is 0 Å². The number of rotatable bonds is 7. The molecule has 28 heavy (non-hydrogen) atoms. The molecule has 1 aromatic heterocycles. The molecule has 0 aliphatic heterocycles. The Morgan fingerprint density at radius 2 is 1.71 bits per heavy atom. The van der Waals surface area contributed by atoms with Crippen LogP contribution in [0.5, 0.6) is 0 Å². The maximum absolute atomic E-state index is 12.3. The van der Waals surface area contributed by atoms with Crippen LogP contribution in [0.1, 0.15) is 42.2 Å². The molecule has 2 aromatic carbocycles. The lowest BCUT2D eigenvalue weighted by molar-refractivity contribution is -0.125. The molecule has 0 saturated heterocycles. The summed E-state index contributed by atoms with van der Waals surface area (Å²) in [7, 11) is 0.